The van der Waals surface area contributed by atoms with E-state index >= 15 is 0 Å². The van der Waals surface area contributed by atoms with E-state index in [0.29, 0.717) is 24.4 Å². The van der Waals surface area contributed by atoms with Gasteiger partial charge < -0.3 is 15.4 Å². The van der Waals surface area contributed by atoms with Gasteiger partial charge in [0.25, 0.3) is 0 Å². The molecule has 1 aromatic rings. The molecular weight excluding hydrogens is 288 g/mol. The van der Waals surface area contributed by atoms with Gasteiger partial charge in [-0.25, -0.2) is 0 Å². The Morgan fingerprint density at radius 1 is 1.17 bits per heavy atom. The lowest BCUT2D eigenvalue weighted by Gasteiger charge is -2.29. The number of hydrogen-bond acceptors (Lipinski definition) is 3. The van der Waals surface area contributed by atoms with Crippen molar-refractivity contribution in [3.05, 3.63) is 29.8 Å². The Morgan fingerprint density at radius 3 is 2.78 bits per heavy atom. The molecule has 1 aromatic carbocycles. The van der Waals surface area contributed by atoms with Gasteiger partial charge in [-0.2, -0.15) is 0 Å². The average molecular weight is 314 g/mol. The summed E-state index contributed by atoms with van der Waals surface area (Å²) < 4.78 is 5.79. The summed E-state index contributed by atoms with van der Waals surface area (Å²) >= 11 is 0. The van der Waals surface area contributed by atoms with Gasteiger partial charge in [-0.1, -0.05) is 18.2 Å². The van der Waals surface area contributed by atoms with Crippen molar-refractivity contribution in [2.45, 2.75) is 63.1 Å². The zero-order chi connectivity index (χ0) is 15.6. The predicted molar refractivity (Wildman–Crippen MR) is 89.3 cm³/mol. The highest BCUT2D eigenvalue weighted by Gasteiger charge is 2.34. The lowest BCUT2D eigenvalue weighted by atomic mass is 9.89. The first-order valence-electron chi connectivity index (χ1n) is 9.05. The molecule has 3 unspecified atom stereocenters. The van der Waals surface area contributed by atoms with E-state index in [1.165, 1.54) is 12.8 Å². The van der Waals surface area contributed by atoms with Gasteiger partial charge in [0.2, 0.25) is 5.91 Å². The van der Waals surface area contributed by atoms with Crippen LogP contribution in [0.15, 0.2) is 24.3 Å². The van der Waals surface area contributed by atoms with Crippen molar-refractivity contribution in [3.63, 3.8) is 0 Å². The molecule has 23 heavy (non-hydrogen) atoms. The number of ether oxygens (including phenoxy) is 1. The maximum atomic E-state index is 12.6. The predicted octanol–water partition coefficient (Wildman–Crippen LogP) is 2.94. The minimum absolute atomic E-state index is 0.0969. The van der Waals surface area contributed by atoms with Crippen molar-refractivity contribution in [1.29, 1.82) is 0 Å². The number of carbonyl (C=O) groups is 1. The monoisotopic (exact) mass is 314 g/mol. The van der Waals surface area contributed by atoms with Crippen LogP contribution in [0.2, 0.25) is 0 Å². The van der Waals surface area contributed by atoms with Crippen LogP contribution in [0.5, 0.6) is 5.75 Å². The number of rotatable bonds is 3. The van der Waals surface area contributed by atoms with Gasteiger partial charge in [-0.05, 0) is 50.5 Å². The van der Waals surface area contributed by atoms with Gasteiger partial charge in [0.1, 0.15) is 5.75 Å². The summed E-state index contributed by atoms with van der Waals surface area (Å²) in [5.74, 6) is 1.68. The van der Waals surface area contributed by atoms with E-state index in [1.807, 2.05) is 18.2 Å². The van der Waals surface area contributed by atoms with E-state index in [2.05, 4.69) is 16.7 Å². The second kappa shape index (κ2) is 6.52. The van der Waals surface area contributed by atoms with Gasteiger partial charge in [0.05, 0.1) is 12.6 Å². The molecule has 4 nitrogen and oxygen atoms in total. The van der Waals surface area contributed by atoms with Crippen molar-refractivity contribution in [2.75, 3.05) is 6.61 Å². The smallest absolute Gasteiger partial charge is 0.220 e. The summed E-state index contributed by atoms with van der Waals surface area (Å²) in [5.41, 5.74) is 1.13. The van der Waals surface area contributed by atoms with Gasteiger partial charge >= 0.3 is 0 Å². The Bertz CT molecular complexity index is 562. The van der Waals surface area contributed by atoms with Crippen molar-refractivity contribution in [2.24, 2.45) is 5.92 Å². The first kappa shape index (κ1) is 15.0. The van der Waals surface area contributed by atoms with Crippen molar-refractivity contribution < 1.29 is 9.53 Å². The van der Waals surface area contributed by atoms with Crippen LogP contribution in [0.1, 0.15) is 56.6 Å². The summed E-state index contributed by atoms with van der Waals surface area (Å²) in [6, 6.07) is 9.50. The zero-order valence-corrected chi connectivity index (χ0v) is 13.6. The summed E-state index contributed by atoms with van der Waals surface area (Å²) in [7, 11) is 0. The third-order valence-corrected chi connectivity index (χ3v) is 5.57. The minimum atomic E-state index is 0.0969. The second-order valence-electron chi connectivity index (χ2n) is 7.33. The van der Waals surface area contributed by atoms with Gasteiger partial charge in [-0.3, -0.25) is 4.79 Å². The maximum absolute atomic E-state index is 12.6. The van der Waals surface area contributed by atoms with Gasteiger partial charge in [-0.15, -0.1) is 0 Å². The van der Waals surface area contributed by atoms with E-state index in [1.54, 1.807) is 0 Å². The summed E-state index contributed by atoms with van der Waals surface area (Å²) in [5, 5.41) is 6.92. The molecule has 3 atom stereocenters. The third-order valence-electron chi connectivity index (χ3n) is 5.57. The molecule has 0 aromatic heterocycles. The molecule has 3 heterocycles. The lowest BCUT2D eigenvalue weighted by Crippen LogP contribution is -2.40. The Balaban J connectivity index is 1.38. The Labute approximate surface area is 138 Å². The van der Waals surface area contributed by atoms with Crippen molar-refractivity contribution in [3.8, 4) is 5.75 Å². The van der Waals surface area contributed by atoms with Gasteiger partial charge in [0, 0.05) is 24.1 Å². The van der Waals surface area contributed by atoms with E-state index < -0.39 is 0 Å². The Kier molecular flexibility index (Phi) is 4.25. The zero-order valence-electron chi connectivity index (χ0n) is 13.6. The quantitative estimate of drug-likeness (QED) is 0.902. The highest BCUT2D eigenvalue weighted by Crippen LogP contribution is 2.34. The fourth-order valence-electron chi connectivity index (χ4n) is 4.53. The van der Waals surface area contributed by atoms with Crippen molar-refractivity contribution >= 4 is 5.91 Å². The highest BCUT2D eigenvalue weighted by molar-refractivity contribution is 5.77. The van der Waals surface area contributed by atoms with Crippen LogP contribution in [0.25, 0.3) is 0 Å². The molecular formula is C19H26N2O2. The summed E-state index contributed by atoms with van der Waals surface area (Å²) in [6.07, 6.45) is 7.51. The molecule has 1 amide bonds. The lowest BCUT2D eigenvalue weighted by molar-refractivity contribution is -0.123. The largest absolute Gasteiger partial charge is 0.493 e. The maximum Gasteiger partial charge on any atom is 0.220 e. The van der Waals surface area contributed by atoms with Crippen LogP contribution in [0, 0.1) is 5.92 Å². The van der Waals surface area contributed by atoms with Crippen LogP contribution in [0.3, 0.4) is 0 Å². The summed E-state index contributed by atoms with van der Waals surface area (Å²) in [4.78, 5) is 12.6. The molecule has 2 N–H and O–H groups in total. The van der Waals surface area contributed by atoms with E-state index in [0.717, 1.165) is 43.6 Å². The number of nitrogens with one attached hydrogen (secondary N) is 2. The highest BCUT2D eigenvalue weighted by atomic mass is 16.5. The number of piperidine rings is 1. The molecule has 0 saturated carbocycles. The number of amides is 1. The first-order valence-corrected chi connectivity index (χ1v) is 9.05. The molecule has 4 rings (SSSR count). The van der Waals surface area contributed by atoms with E-state index in [-0.39, 0.29) is 11.9 Å². The number of carbonyl (C=O) groups excluding carboxylic acids is 1. The minimum Gasteiger partial charge on any atom is -0.493 e. The van der Waals surface area contributed by atoms with Crippen LogP contribution >= 0.6 is 0 Å². The summed E-state index contributed by atoms with van der Waals surface area (Å²) in [6.45, 7) is 0.737. The SMILES string of the molecule is O=C(CC1CC2CCC(C1)N2)NC1CCCOc2ccccc21. The van der Waals surface area contributed by atoms with Crippen LogP contribution in [-0.4, -0.2) is 24.6 Å². The van der Waals surface area contributed by atoms with Crippen LogP contribution < -0.4 is 15.4 Å². The fourth-order valence-corrected chi connectivity index (χ4v) is 4.53. The molecule has 3 aliphatic heterocycles. The van der Waals surface area contributed by atoms with E-state index in [9.17, 15) is 4.79 Å². The molecule has 3 aliphatic rings. The number of hydrogen-bond donors (Lipinski definition) is 2. The van der Waals surface area contributed by atoms with Gasteiger partial charge in [0.15, 0.2) is 0 Å². The number of benzene rings is 1. The molecule has 4 heteroatoms. The number of para-hydroxylation sites is 1. The molecule has 0 aliphatic carbocycles. The second-order valence-corrected chi connectivity index (χ2v) is 7.33. The average Bonchev–Trinajstić information content (AvgIpc) is 2.77. The Hall–Kier alpha value is -1.55. The first-order chi connectivity index (χ1) is 11.3. The standard InChI is InChI=1S/C19H26N2O2/c22-19(12-13-10-14-7-8-15(11-13)20-14)21-17-5-3-9-23-18-6-2-1-4-16(17)18/h1-2,4,6,13-15,17,20H,3,5,7-12H2,(H,21,22). The topological polar surface area (TPSA) is 50.4 Å². The molecule has 2 saturated heterocycles. The molecule has 2 fully saturated rings. The third kappa shape index (κ3) is 3.37. The molecule has 0 radical (unpaired) electrons. The normalized spacial score (nSPS) is 32.5. The van der Waals surface area contributed by atoms with Crippen LogP contribution in [0.4, 0.5) is 0 Å². The fraction of sp³-hybridized carbons (Fsp3) is 0.632. The Morgan fingerprint density at radius 2 is 1.96 bits per heavy atom. The molecule has 124 valence electrons. The molecule has 2 bridgehead atoms. The van der Waals surface area contributed by atoms with E-state index in [4.69, 9.17) is 4.74 Å². The molecule has 0 spiro atoms. The van der Waals surface area contributed by atoms with Crippen molar-refractivity contribution in [1.82, 2.24) is 10.6 Å². The van der Waals surface area contributed by atoms with Crippen LogP contribution in [-0.2, 0) is 4.79 Å². The number of fused-ring (bicyclic) bond motifs is 3.